The third-order valence-corrected chi connectivity index (χ3v) is 8.27. The molecule has 11 heteroatoms. The number of carbonyl (C=O) groups is 2. The molecule has 0 spiro atoms. The minimum atomic E-state index is -0.721. The molecule has 2 saturated heterocycles. The lowest BCUT2D eigenvalue weighted by Gasteiger charge is -2.36. The van der Waals surface area contributed by atoms with Crippen LogP contribution in [0.1, 0.15) is 12.8 Å². The monoisotopic (exact) mass is 613 g/mol. The van der Waals surface area contributed by atoms with Crippen LogP contribution >= 0.6 is 35.4 Å². The van der Waals surface area contributed by atoms with Crippen molar-refractivity contribution in [3.8, 4) is 0 Å². The number of rotatable bonds is 9. The van der Waals surface area contributed by atoms with Crippen molar-refractivity contribution >= 4 is 69.4 Å². The van der Waals surface area contributed by atoms with Gasteiger partial charge in [0, 0.05) is 54.1 Å². The van der Waals surface area contributed by atoms with Gasteiger partial charge in [0.15, 0.2) is 5.11 Å². The molecule has 2 heterocycles. The predicted octanol–water partition coefficient (Wildman–Crippen LogP) is 5.68. The van der Waals surface area contributed by atoms with Crippen LogP contribution in [0, 0.1) is 5.82 Å². The average molecular weight is 615 g/mol. The van der Waals surface area contributed by atoms with Gasteiger partial charge < -0.3 is 15.1 Å². The molecule has 41 heavy (non-hydrogen) atoms. The number of benzene rings is 3. The normalized spacial score (nSPS) is 17.8. The number of nitrogens with one attached hydrogen (secondary N) is 1. The van der Waals surface area contributed by atoms with Gasteiger partial charge in [0.05, 0.1) is 12.1 Å². The van der Waals surface area contributed by atoms with Crippen LogP contribution in [-0.2, 0) is 9.59 Å². The number of thiocarbonyl (C=S) groups is 1. The molecule has 0 saturated carbocycles. The van der Waals surface area contributed by atoms with E-state index in [-0.39, 0.29) is 24.1 Å². The highest BCUT2D eigenvalue weighted by Crippen LogP contribution is 2.29. The van der Waals surface area contributed by atoms with Crippen LogP contribution in [0.4, 0.5) is 21.5 Å². The summed E-state index contributed by atoms with van der Waals surface area (Å²) < 4.78 is 13.3. The Bertz CT molecular complexity index is 1380. The average Bonchev–Trinajstić information content (AvgIpc) is 3.19. The quantitative estimate of drug-likeness (QED) is 0.314. The van der Waals surface area contributed by atoms with Gasteiger partial charge in [-0.1, -0.05) is 23.2 Å². The molecule has 5 rings (SSSR count). The van der Waals surface area contributed by atoms with E-state index < -0.39 is 6.04 Å². The SMILES string of the molecule is O=C(CC1C(=O)N(c2ccc(Cl)cc2)C(=S)N1CCCN1CCN(c2ccc(F)cc2)CC1)Nc1ccc(Cl)cc1. The van der Waals surface area contributed by atoms with Crippen LogP contribution in [0.25, 0.3) is 0 Å². The molecule has 2 fully saturated rings. The third-order valence-electron chi connectivity index (χ3n) is 7.35. The fourth-order valence-electron chi connectivity index (χ4n) is 5.18. The molecular formula is C30H30Cl2FN5O2S. The van der Waals surface area contributed by atoms with Crippen molar-refractivity contribution in [3.05, 3.63) is 88.7 Å². The zero-order chi connectivity index (χ0) is 28.9. The summed E-state index contributed by atoms with van der Waals surface area (Å²) in [4.78, 5) is 34.6. The van der Waals surface area contributed by atoms with Crippen molar-refractivity contribution in [2.24, 2.45) is 0 Å². The third kappa shape index (κ3) is 7.16. The van der Waals surface area contributed by atoms with Gasteiger partial charge in [0.25, 0.3) is 5.91 Å². The molecule has 3 aromatic rings. The number of nitrogens with zero attached hydrogens (tertiary/aromatic N) is 4. The van der Waals surface area contributed by atoms with Crippen LogP contribution in [0.2, 0.25) is 10.0 Å². The zero-order valence-corrected chi connectivity index (χ0v) is 24.6. The highest BCUT2D eigenvalue weighted by Gasteiger charge is 2.43. The summed E-state index contributed by atoms with van der Waals surface area (Å²) in [7, 11) is 0. The number of hydrogen-bond acceptors (Lipinski definition) is 5. The van der Waals surface area contributed by atoms with Crippen LogP contribution < -0.4 is 15.1 Å². The minimum Gasteiger partial charge on any atom is -0.369 e. The molecular weight excluding hydrogens is 584 g/mol. The summed E-state index contributed by atoms with van der Waals surface area (Å²) in [5.74, 6) is -0.758. The number of halogens is 3. The molecule has 0 radical (unpaired) electrons. The molecule has 2 aliphatic heterocycles. The maximum absolute atomic E-state index is 13.6. The standard InChI is InChI=1S/C30H30Cl2FN5O2S/c31-21-2-8-24(9-3-21)34-28(39)20-27-29(40)38(26-10-4-22(32)5-11-26)30(41)37(27)15-1-14-35-16-18-36(19-17-35)25-12-6-23(33)7-13-25/h2-13,27H,1,14-20H2,(H,34,39). The maximum atomic E-state index is 13.6. The van der Waals surface area contributed by atoms with Gasteiger partial charge in [0.1, 0.15) is 11.9 Å². The van der Waals surface area contributed by atoms with Gasteiger partial charge in [-0.2, -0.15) is 0 Å². The summed E-state index contributed by atoms with van der Waals surface area (Å²) in [5.41, 5.74) is 2.24. The van der Waals surface area contributed by atoms with E-state index in [1.54, 1.807) is 48.5 Å². The highest BCUT2D eigenvalue weighted by molar-refractivity contribution is 7.80. The first-order valence-electron chi connectivity index (χ1n) is 13.5. The first-order chi connectivity index (χ1) is 19.8. The largest absolute Gasteiger partial charge is 0.369 e. The molecule has 3 aromatic carbocycles. The van der Waals surface area contributed by atoms with E-state index in [2.05, 4.69) is 15.1 Å². The summed E-state index contributed by atoms with van der Waals surface area (Å²) >= 11 is 17.8. The summed E-state index contributed by atoms with van der Waals surface area (Å²) in [5, 5.41) is 4.36. The van der Waals surface area contributed by atoms with Crippen molar-refractivity contribution in [2.45, 2.75) is 18.9 Å². The second-order valence-electron chi connectivity index (χ2n) is 10.1. The van der Waals surface area contributed by atoms with Crippen LogP contribution in [0.3, 0.4) is 0 Å². The Morgan fingerprint density at radius 2 is 1.44 bits per heavy atom. The Morgan fingerprint density at radius 1 is 0.854 bits per heavy atom. The molecule has 214 valence electrons. The lowest BCUT2D eigenvalue weighted by atomic mass is 10.1. The number of piperazine rings is 1. The van der Waals surface area contributed by atoms with Crippen molar-refractivity contribution in [3.63, 3.8) is 0 Å². The second-order valence-corrected chi connectivity index (χ2v) is 11.3. The first kappa shape index (κ1) is 29.3. The Balaban J connectivity index is 1.22. The lowest BCUT2D eigenvalue weighted by molar-refractivity contribution is -0.124. The molecule has 1 unspecified atom stereocenters. The van der Waals surface area contributed by atoms with Gasteiger partial charge in [-0.3, -0.25) is 19.4 Å². The molecule has 0 bridgehead atoms. The van der Waals surface area contributed by atoms with Crippen molar-refractivity contribution < 1.29 is 14.0 Å². The minimum absolute atomic E-state index is 0.0396. The Morgan fingerprint density at radius 3 is 2.07 bits per heavy atom. The van der Waals surface area contributed by atoms with E-state index in [1.807, 2.05) is 17.0 Å². The van der Waals surface area contributed by atoms with Gasteiger partial charge >= 0.3 is 0 Å². The van der Waals surface area contributed by atoms with Gasteiger partial charge in [0.2, 0.25) is 5.91 Å². The van der Waals surface area contributed by atoms with Crippen LogP contribution in [0.15, 0.2) is 72.8 Å². The number of anilines is 3. The number of carbonyl (C=O) groups excluding carboxylic acids is 2. The molecule has 7 nitrogen and oxygen atoms in total. The van der Waals surface area contributed by atoms with Crippen LogP contribution in [-0.4, -0.2) is 72.0 Å². The summed E-state index contributed by atoms with van der Waals surface area (Å²) in [6.45, 7) is 4.82. The summed E-state index contributed by atoms with van der Waals surface area (Å²) in [6.07, 6.45) is 0.732. The Hall–Kier alpha value is -3.24. The predicted molar refractivity (Wildman–Crippen MR) is 166 cm³/mol. The molecule has 0 aromatic heterocycles. The van der Waals surface area contributed by atoms with Crippen molar-refractivity contribution in [2.75, 3.05) is 54.4 Å². The first-order valence-corrected chi connectivity index (χ1v) is 14.6. The molecule has 1 atom stereocenters. The second kappa shape index (κ2) is 13.2. The van der Waals surface area contributed by atoms with Gasteiger partial charge in [-0.25, -0.2) is 4.39 Å². The molecule has 0 aliphatic carbocycles. The summed E-state index contributed by atoms with van der Waals surface area (Å²) in [6, 6.07) is 19.6. The van der Waals surface area contributed by atoms with E-state index in [9.17, 15) is 14.0 Å². The molecule has 2 aliphatic rings. The smallest absolute Gasteiger partial charge is 0.256 e. The van der Waals surface area contributed by atoms with Crippen molar-refractivity contribution in [1.82, 2.24) is 9.80 Å². The molecule has 1 N–H and O–H groups in total. The maximum Gasteiger partial charge on any atom is 0.256 e. The zero-order valence-electron chi connectivity index (χ0n) is 22.3. The van der Waals surface area contributed by atoms with Gasteiger partial charge in [-0.05, 0) is 98.0 Å². The topological polar surface area (TPSA) is 59.1 Å². The van der Waals surface area contributed by atoms with E-state index in [4.69, 9.17) is 35.4 Å². The van der Waals surface area contributed by atoms with E-state index in [0.29, 0.717) is 33.1 Å². The Labute approximate surface area is 254 Å². The van der Waals surface area contributed by atoms with E-state index in [1.165, 1.54) is 17.0 Å². The van der Waals surface area contributed by atoms with Crippen molar-refractivity contribution in [1.29, 1.82) is 0 Å². The fraction of sp³-hybridized carbons (Fsp3) is 0.300. The number of hydrogen-bond donors (Lipinski definition) is 1. The van der Waals surface area contributed by atoms with Crippen LogP contribution in [0.5, 0.6) is 0 Å². The van der Waals surface area contributed by atoms with Gasteiger partial charge in [-0.15, -0.1) is 0 Å². The van der Waals surface area contributed by atoms with E-state index in [0.717, 1.165) is 44.8 Å². The number of amides is 2. The molecule has 2 amide bonds. The van der Waals surface area contributed by atoms with E-state index >= 15 is 0 Å². The lowest BCUT2D eigenvalue weighted by Crippen LogP contribution is -2.47. The highest BCUT2D eigenvalue weighted by atomic mass is 35.5. The fourth-order valence-corrected chi connectivity index (χ4v) is 5.85. The Kier molecular flexibility index (Phi) is 9.39.